The molecule has 0 fully saturated rings. The molecule has 4 rings (SSSR count). The minimum Gasteiger partial charge on any atom is -0.246 e. The van der Waals surface area contributed by atoms with E-state index >= 15 is 0 Å². The number of aromatic nitrogens is 4. The second-order valence-electron chi connectivity index (χ2n) is 4.75. The van der Waals surface area contributed by atoms with Gasteiger partial charge >= 0.3 is 0 Å². The van der Waals surface area contributed by atoms with Crippen molar-refractivity contribution in [2.75, 3.05) is 0 Å². The highest BCUT2D eigenvalue weighted by Gasteiger charge is 2.06. The minimum absolute atomic E-state index is 0.667. The third-order valence-corrected chi connectivity index (χ3v) is 4.31. The molecule has 0 saturated heterocycles. The Morgan fingerprint density at radius 2 is 1.90 bits per heavy atom. The largest absolute Gasteiger partial charge is 0.246 e. The van der Waals surface area contributed by atoms with Gasteiger partial charge in [0, 0.05) is 0 Å². The molecule has 0 N–H and O–H groups in total. The highest BCUT2D eigenvalue weighted by molar-refractivity contribution is 7.18. The van der Waals surface area contributed by atoms with Crippen LogP contribution in [0.2, 0.25) is 0 Å². The van der Waals surface area contributed by atoms with Crippen LogP contribution in [0.5, 0.6) is 0 Å². The van der Waals surface area contributed by atoms with Crippen LogP contribution < -0.4 is 0 Å². The molecule has 0 aliphatic rings. The zero-order chi connectivity index (χ0) is 14.1. The quantitative estimate of drug-likeness (QED) is 0.579. The van der Waals surface area contributed by atoms with Crippen molar-refractivity contribution >= 4 is 21.6 Å². The van der Waals surface area contributed by atoms with Crippen LogP contribution in [0.15, 0.2) is 61.2 Å². The zero-order valence-electron chi connectivity index (χ0n) is 11.2. The Morgan fingerprint density at radius 1 is 1.00 bits per heavy atom. The summed E-state index contributed by atoms with van der Waals surface area (Å²) in [6.07, 6.45) is 3.25. The summed E-state index contributed by atoms with van der Waals surface area (Å²) in [5.74, 6) is 0. The van der Waals surface area contributed by atoms with Gasteiger partial charge in [-0.05, 0) is 23.3 Å². The maximum Gasteiger partial charge on any atom is 0.137 e. The van der Waals surface area contributed by atoms with Gasteiger partial charge in [-0.25, -0.2) is 14.6 Å². The maximum absolute atomic E-state index is 4.65. The first-order valence-corrected chi connectivity index (χ1v) is 7.47. The lowest BCUT2D eigenvalue weighted by molar-refractivity contribution is 0.682. The normalized spacial score (nSPS) is 11.0. The molecule has 4 aromatic rings. The lowest BCUT2D eigenvalue weighted by Crippen LogP contribution is -1.98. The molecule has 2 heterocycles. The van der Waals surface area contributed by atoms with Gasteiger partial charge in [-0.3, -0.25) is 0 Å². The van der Waals surface area contributed by atoms with Gasteiger partial charge in [0.1, 0.15) is 17.7 Å². The van der Waals surface area contributed by atoms with Gasteiger partial charge in [-0.1, -0.05) is 36.4 Å². The topological polar surface area (TPSA) is 43.6 Å². The molecule has 0 amide bonds. The van der Waals surface area contributed by atoms with E-state index in [2.05, 4.69) is 57.5 Å². The average molecular weight is 292 g/mol. The van der Waals surface area contributed by atoms with Crippen molar-refractivity contribution in [3.05, 3.63) is 66.2 Å². The van der Waals surface area contributed by atoms with Crippen molar-refractivity contribution in [2.45, 2.75) is 6.54 Å². The fraction of sp³-hybridized carbons (Fsp3) is 0.0625. The van der Waals surface area contributed by atoms with Crippen molar-refractivity contribution in [3.8, 4) is 11.1 Å². The second kappa shape index (κ2) is 5.10. The minimum atomic E-state index is 0.667. The van der Waals surface area contributed by atoms with E-state index in [1.807, 2.05) is 6.07 Å². The molecule has 0 spiro atoms. The van der Waals surface area contributed by atoms with E-state index in [0.29, 0.717) is 6.54 Å². The van der Waals surface area contributed by atoms with Gasteiger partial charge in [-0.15, -0.1) is 11.3 Å². The molecule has 102 valence electrons. The Kier molecular flexibility index (Phi) is 2.97. The van der Waals surface area contributed by atoms with Gasteiger partial charge < -0.3 is 0 Å². The van der Waals surface area contributed by atoms with Crippen molar-refractivity contribution in [3.63, 3.8) is 0 Å². The fourth-order valence-electron chi connectivity index (χ4n) is 2.30. The number of fused-ring (bicyclic) bond motifs is 1. The molecule has 2 aromatic carbocycles. The summed E-state index contributed by atoms with van der Waals surface area (Å²) in [6, 6.07) is 16.8. The molecule has 0 atom stereocenters. The second-order valence-corrected chi connectivity index (χ2v) is 5.86. The number of thiazole rings is 1. The monoisotopic (exact) mass is 292 g/mol. The molecule has 0 bridgehead atoms. The molecule has 0 saturated carbocycles. The van der Waals surface area contributed by atoms with Crippen LogP contribution in [0.25, 0.3) is 21.3 Å². The average Bonchev–Trinajstić information content (AvgIpc) is 3.16. The first-order valence-electron chi connectivity index (χ1n) is 6.66. The van der Waals surface area contributed by atoms with Crippen LogP contribution in [-0.4, -0.2) is 19.7 Å². The molecule has 0 radical (unpaired) electrons. The molecular formula is C16H12N4S. The third kappa shape index (κ3) is 2.43. The van der Waals surface area contributed by atoms with E-state index in [0.717, 1.165) is 10.5 Å². The highest BCUT2D eigenvalue weighted by atomic mass is 32.1. The molecule has 2 aromatic heterocycles. The molecule has 0 aliphatic carbocycles. The molecular weight excluding hydrogens is 280 g/mol. The summed E-state index contributed by atoms with van der Waals surface area (Å²) >= 11 is 1.70. The molecule has 5 heteroatoms. The molecule has 0 unspecified atom stereocenters. The van der Waals surface area contributed by atoms with Gasteiger partial charge in [0.2, 0.25) is 0 Å². The lowest BCUT2D eigenvalue weighted by atomic mass is 10.1. The Bertz CT molecular complexity index is 866. The van der Waals surface area contributed by atoms with Crippen LogP contribution in [-0.2, 0) is 6.54 Å². The van der Waals surface area contributed by atoms with Crippen LogP contribution in [0.1, 0.15) is 5.01 Å². The van der Waals surface area contributed by atoms with Crippen molar-refractivity contribution < 1.29 is 0 Å². The van der Waals surface area contributed by atoms with E-state index < -0.39 is 0 Å². The SMILES string of the molecule is c1ccc(-c2ccc3nc(Cn4cncn4)sc3c2)cc1. The van der Waals surface area contributed by atoms with Crippen molar-refractivity contribution in [1.29, 1.82) is 0 Å². The number of hydrogen-bond acceptors (Lipinski definition) is 4. The summed E-state index contributed by atoms with van der Waals surface area (Å²) in [4.78, 5) is 8.61. The molecule has 4 nitrogen and oxygen atoms in total. The standard InChI is InChI=1S/C16H12N4S/c1-2-4-12(5-3-1)13-6-7-14-15(8-13)21-16(19-14)9-20-11-17-10-18-20/h1-8,10-11H,9H2. The van der Waals surface area contributed by atoms with E-state index in [9.17, 15) is 0 Å². The predicted octanol–water partition coefficient (Wildman–Crippen LogP) is 3.60. The van der Waals surface area contributed by atoms with E-state index in [1.54, 1.807) is 28.7 Å². The van der Waals surface area contributed by atoms with Crippen LogP contribution in [0.3, 0.4) is 0 Å². The summed E-state index contributed by atoms with van der Waals surface area (Å²) in [7, 11) is 0. The maximum atomic E-state index is 4.65. The highest BCUT2D eigenvalue weighted by Crippen LogP contribution is 2.28. The van der Waals surface area contributed by atoms with Crippen molar-refractivity contribution in [1.82, 2.24) is 19.7 Å². The number of rotatable bonds is 3. The summed E-state index contributed by atoms with van der Waals surface area (Å²) < 4.78 is 2.99. The Balaban J connectivity index is 1.71. The lowest BCUT2D eigenvalue weighted by Gasteiger charge is -2.00. The molecule has 21 heavy (non-hydrogen) atoms. The van der Waals surface area contributed by atoms with Gasteiger partial charge in [0.05, 0.1) is 16.8 Å². The Hall–Kier alpha value is -2.53. The van der Waals surface area contributed by atoms with Crippen LogP contribution in [0, 0.1) is 0 Å². The van der Waals surface area contributed by atoms with Gasteiger partial charge in [0.15, 0.2) is 0 Å². The summed E-state index contributed by atoms with van der Waals surface area (Å²) in [6.45, 7) is 0.667. The van der Waals surface area contributed by atoms with E-state index in [4.69, 9.17) is 0 Å². The summed E-state index contributed by atoms with van der Waals surface area (Å²) in [5, 5.41) is 5.16. The van der Waals surface area contributed by atoms with Crippen molar-refractivity contribution in [2.24, 2.45) is 0 Å². The third-order valence-electron chi connectivity index (χ3n) is 3.30. The van der Waals surface area contributed by atoms with E-state index in [1.165, 1.54) is 15.8 Å². The van der Waals surface area contributed by atoms with Crippen LogP contribution in [0.4, 0.5) is 0 Å². The number of benzene rings is 2. The first kappa shape index (κ1) is 12.2. The smallest absolute Gasteiger partial charge is 0.137 e. The zero-order valence-corrected chi connectivity index (χ0v) is 12.0. The first-order chi connectivity index (χ1) is 10.4. The van der Waals surface area contributed by atoms with E-state index in [-0.39, 0.29) is 0 Å². The molecule has 0 aliphatic heterocycles. The number of hydrogen-bond donors (Lipinski definition) is 0. The summed E-state index contributed by atoms with van der Waals surface area (Å²) in [5.41, 5.74) is 3.49. The fourth-order valence-corrected chi connectivity index (χ4v) is 3.30. The van der Waals surface area contributed by atoms with Gasteiger partial charge in [-0.2, -0.15) is 5.10 Å². The predicted molar refractivity (Wildman–Crippen MR) is 84.2 cm³/mol. The Labute approximate surface area is 125 Å². The van der Waals surface area contributed by atoms with Crippen LogP contribution >= 0.6 is 11.3 Å². The van der Waals surface area contributed by atoms with Gasteiger partial charge in [0.25, 0.3) is 0 Å². The number of nitrogens with zero attached hydrogens (tertiary/aromatic N) is 4. The Morgan fingerprint density at radius 3 is 2.71 bits per heavy atom.